The number of carbonyl (C=O) groups excluding carboxylic acids is 1. The fraction of sp³-hybridized carbons (Fsp3) is 0.375. The van der Waals surface area contributed by atoms with Crippen LogP contribution in [0.25, 0.3) is 5.65 Å². The van der Waals surface area contributed by atoms with E-state index in [2.05, 4.69) is 31.0 Å². The Hall–Kier alpha value is -3.10. The smallest absolute Gasteiger partial charge is 0.257 e. The van der Waals surface area contributed by atoms with E-state index in [-0.39, 0.29) is 11.9 Å². The van der Waals surface area contributed by atoms with Crippen molar-refractivity contribution in [2.45, 2.75) is 25.8 Å². The number of amides is 1. The van der Waals surface area contributed by atoms with Crippen molar-refractivity contribution in [1.29, 1.82) is 0 Å². The van der Waals surface area contributed by atoms with E-state index < -0.39 is 0 Å². The summed E-state index contributed by atoms with van der Waals surface area (Å²) >= 11 is 0. The number of fused-ring (bicyclic) bond motifs is 2. The Morgan fingerprint density at radius 1 is 1.44 bits per heavy atom. The molecule has 9 heteroatoms. The van der Waals surface area contributed by atoms with Crippen LogP contribution >= 0.6 is 0 Å². The summed E-state index contributed by atoms with van der Waals surface area (Å²) in [5.41, 5.74) is 0.882. The third-order valence-corrected chi connectivity index (χ3v) is 4.05. The van der Waals surface area contributed by atoms with Gasteiger partial charge in [-0.3, -0.25) is 4.79 Å². The number of nitrogens with zero attached hydrogens (tertiary/aromatic N) is 4. The fourth-order valence-corrected chi connectivity index (χ4v) is 2.81. The van der Waals surface area contributed by atoms with Crippen molar-refractivity contribution < 1.29 is 9.53 Å². The largest absolute Gasteiger partial charge is 0.479 e. The van der Waals surface area contributed by atoms with E-state index in [0.717, 1.165) is 12.8 Å². The van der Waals surface area contributed by atoms with E-state index in [1.54, 1.807) is 11.6 Å². The molecule has 1 amide bonds. The Morgan fingerprint density at radius 3 is 3.16 bits per heavy atom. The predicted octanol–water partition coefficient (Wildman–Crippen LogP) is 1.37. The molecule has 4 heterocycles. The van der Waals surface area contributed by atoms with Gasteiger partial charge in [-0.15, -0.1) is 0 Å². The number of hydrogen-bond donors (Lipinski definition) is 3. The maximum Gasteiger partial charge on any atom is 0.257 e. The van der Waals surface area contributed by atoms with Crippen LogP contribution in [0.5, 0.6) is 0 Å². The molecule has 9 nitrogen and oxygen atoms in total. The van der Waals surface area contributed by atoms with Gasteiger partial charge in [0.1, 0.15) is 29.6 Å². The van der Waals surface area contributed by atoms with E-state index in [1.165, 1.54) is 6.20 Å². The summed E-state index contributed by atoms with van der Waals surface area (Å²) in [7, 11) is 1.79. The van der Waals surface area contributed by atoms with Crippen molar-refractivity contribution in [3.63, 3.8) is 0 Å². The molecule has 0 saturated heterocycles. The van der Waals surface area contributed by atoms with E-state index in [4.69, 9.17) is 4.74 Å². The average Bonchev–Trinajstić information content (AvgIpc) is 3.03. The van der Waals surface area contributed by atoms with Gasteiger partial charge in [0, 0.05) is 19.5 Å². The van der Waals surface area contributed by atoms with Crippen LogP contribution in [0, 0.1) is 0 Å². The number of allylic oxidation sites excluding steroid dienone is 1. The van der Waals surface area contributed by atoms with Gasteiger partial charge in [-0.25, -0.2) is 9.98 Å². The van der Waals surface area contributed by atoms with Gasteiger partial charge in [-0.05, 0) is 19.4 Å². The molecule has 0 aliphatic carbocycles. The average molecular weight is 341 g/mol. The van der Waals surface area contributed by atoms with Gasteiger partial charge in [-0.1, -0.05) is 0 Å². The summed E-state index contributed by atoms with van der Waals surface area (Å²) < 4.78 is 7.35. The Balaban J connectivity index is 1.85. The highest BCUT2D eigenvalue weighted by Gasteiger charge is 2.20. The molecule has 1 unspecified atom stereocenters. The lowest BCUT2D eigenvalue weighted by molar-refractivity contribution is 0.0925. The molecule has 0 radical (unpaired) electrons. The second kappa shape index (κ2) is 6.08. The minimum Gasteiger partial charge on any atom is -0.479 e. The van der Waals surface area contributed by atoms with Gasteiger partial charge >= 0.3 is 0 Å². The van der Waals surface area contributed by atoms with E-state index in [1.807, 2.05) is 19.1 Å². The topological polar surface area (TPSA) is 105 Å². The minimum absolute atomic E-state index is 0.167. The van der Waals surface area contributed by atoms with Crippen molar-refractivity contribution in [1.82, 2.24) is 19.9 Å². The predicted molar refractivity (Wildman–Crippen MR) is 93.8 cm³/mol. The number of aromatic nitrogens is 3. The number of ether oxygens (including phenoxy) is 1. The first kappa shape index (κ1) is 15.4. The number of aliphatic imine (C=N–C) groups is 1. The zero-order valence-corrected chi connectivity index (χ0v) is 14.0. The molecule has 2 aliphatic rings. The van der Waals surface area contributed by atoms with Crippen molar-refractivity contribution in [3.8, 4) is 0 Å². The van der Waals surface area contributed by atoms with Crippen LogP contribution in [0.4, 0.5) is 11.6 Å². The molecular weight excluding hydrogens is 322 g/mol. The van der Waals surface area contributed by atoms with Crippen LogP contribution in [0.15, 0.2) is 29.2 Å². The summed E-state index contributed by atoms with van der Waals surface area (Å²) in [5.74, 6) is 2.40. The van der Waals surface area contributed by atoms with Crippen molar-refractivity contribution in [2.75, 3.05) is 24.3 Å². The summed E-state index contributed by atoms with van der Waals surface area (Å²) in [6.45, 7) is 2.24. The molecule has 0 aromatic carbocycles. The Labute approximate surface area is 144 Å². The standard InChI is InChI=1S/C16H19N7O2/c1-9-8-25-14-5-3-4-11(21-14)20-12-6-13(17-2)23-15(22-12)10(7-18-23)16(24)19-9/h4,6-7,9,17H,3,5,8H2,1-2H3,(H,19,24)(H,20,22). The SMILES string of the molecule is CNc1cc2nc3c(cnn13)C(=O)NC(C)COC1=NC(=CCC1)N2. The number of nitrogens with one attached hydrogen (secondary N) is 3. The number of hydrogen-bond acceptors (Lipinski definition) is 7. The first-order chi connectivity index (χ1) is 12.1. The molecule has 4 rings (SSSR count). The maximum absolute atomic E-state index is 12.6. The molecule has 130 valence electrons. The molecular formula is C16H19N7O2. The molecule has 2 aromatic rings. The van der Waals surface area contributed by atoms with Crippen molar-refractivity contribution >= 4 is 29.1 Å². The molecule has 1 atom stereocenters. The highest BCUT2D eigenvalue weighted by Crippen LogP contribution is 2.22. The first-order valence-corrected chi connectivity index (χ1v) is 8.19. The number of rotatable bonds is 1. The van der Waals surface area contributed by atoms with Crippen LogP contribution in [0.1, 0.15) is 30.1 Å². The normalized spacial score (nSPS) is 20.2. The zero-order chi connectivity index (χ0) is 17.4. The quantitative estimate of drug-likeness (QED) is 0.723. The lowest BCUT2D eigenvalue weighted by atomic mass is 10.2. The Morgan fingerprint density at radius 2 is 2.32 bits per heavy atom. The summed E-state index contributed by atoms with van der Waals surface area (Å²) in [5, 5.41) is 13.5. The second-order valence-corrected chi connectivity index (χ2v) is 6.01. The molecule has 0 spiro atoms. The third kappa shape index (κ3) is 2.88. The maximum atomic E-state index is 12.6. The van der Waals surface area contributed by atoms with Gasteiger partial charge in [0.15, 0.2) is 11.5 Å². The molecule has 2 aliphatic heterocycles. The van der Waals surface area contributed by atoms with Crippen LogP contribution < -0.4 is 16.0 Å². The summed E-state index contributed by atoms with van der Waals surface area (Å²) in [6.07, 6.45) is 5.10. The van der Waals surface area contributed by atoms with Gasteiger partial charge in [0.05, 0.1) is 12.2 Å². The van der Waals surface area contributed by atoms with E-state index >= 15 is 0 Å². The van der Waals surface area contributed by atoms with Crippen molar-refractivity contribution in [3.05, 3.63) is 29.7 Å². The van der Waals surface area contributed by atoms with Gasteiger partial charge in [0.25, 0.3) is 5.91 Å². The second-order valence-electron chi connectivity index (χ2n) is 6.01. The monoisotopic (exact) mass is 341 g/mol. The number of carbonyl (C=O) groups is 1. The van der Waals surface area contributed by atoms with Crippen LogP contribution in [-0.2, 0) is 4.74 Å². The zero-order valence-electron chi connectivity index (χ0n) is 14.0. The van der Waals surface area contributed by atoms with Crippen LogP contribution in [-0.4, -0.2) is 46.1 Å². The summed E-state index contributed by atoms with van der Waals surface area (Å²) in [6, 6.07) is 1.65. The highest BCUT2D eigenvalue weighted by atomic mass is 16.5. The molecule has 25 heavy (non-hydrogen) atoms. The molecule has 4 bridgehead atoms. The van der Waals surface area contributed by atoms with E-state index in [0.29, 0.717) is 41.2 Å². The first-order valence-electron chi connectivity index (χ1n) is 8.19. The van der Waals surface area contributed by atoms with Crippen LogP contribution in [0.2, 0.25) is 0 Å². The Kier molecular flexibility index (Phi) is 3.75. The highest BCUT2D eigenvalue weighted by molar-refractivity contribution is 6.00. The van der Waals surface area contributed by atoms with Gasteiger partial charge in [0.2, 0.25) is 0 Å². The molecule has 2 aromatic heterocycles. The Bertz CT molecular complexity index is 899. The van der Waals surface area contributed by atoms with Gasteiger partial charge in [-0.2, -0.15) is 9.61 Å². The third-order valence-electron chi connectivity index (χ3n) is 4.05. The van der Waals surface area contributed by atoms with Gasteiger partial charge < -0.3 is 20.7 Å². The van der Waals surface area contributed by atoms with Crippen molar-refractivity contribution in [2.24, 2.45) is 4.99 Å². The number of anilines is 2. The molecule has 0 saturated carbocycles. The fourth-order valence-electron chi connectivity index (χ4n) is 2.81. The summed E-state index contributed by atoms with van der Waals surface area (Å²) in [4.78, 5) is 21.6. The molecule has 3 N–H and O–H groups in total. The lowest BCUT2D eigenvalue weighted by Crippen LogP contribution is -2.36. The molecule has 0 fully saturated rings. The lowest BCUT2D eigenvalue weighted by Gasteiger charge is -2.17. The van der Waals surface area contributed by atoms with E-state index in [9.17, 15) is 4.79 Å². The van der Waals surface area contributed by atoms with Crippen LogP contribution in [0.3, 0.4) is 0 Å². The minimum atomic E-state index is -0.235.